The van der Waals surface area contributed by atoms with Crippen molar-refractivity contribution in [2.24, 2.45) is 0 Å². The van der Waals surface area contributed by atoms with Crippen molar-refractivity contribution in [3.8, 4) is 0 Å². The van der Waals surface area contributed by atoms with Crippen LogP contribution in [0, 0.1) is 5.95 Å². The summed E-state index contributed by atoms with van der Waals surface area (Å²) in [5, 5.41) is 3.20. The lowest BCUT2D eigenvalue weighted by atomic mass is 10.5. The number of hydrogen-bond acceptors (Lipinski definition) is 3. The number of nitrogens with zero attached hydrogens (tertiary/aromatic N) is 2. The van der Waals surface area contributed by atoms with Crippen LogP contribution in [0.5, 0.6) is 0 Å². The van der Waals surface area contributed by atoms with Crippen molar-refractivity contribution < 1.29 is 4.39 Å². The van der Waals surface area contributed by atoms with Gasteiger partial charge in [-0.1, -0.05) is 18.2 Å². The summed E-state index contributed by atoms with van der Waals surface area (Å²) in [7, 11) is 0. The smallest absolute Gasteiger partial charge is 0.217 e. The second-order valence-corrected chi connectivity index (χ2v) is 2.63. The standard InChI is InChI=1S/C7H7ClFN3/c1-5(8)3-10-7-2-6(9)11-4-12-7/h2,4H,1,3H2,(H,10,11,12). The third-order valence-corrected chi connectivity index (χ3v) is 1.23. The lowest BCUT2D eigenvalue weighted by Crippen LogP contribution is -2.03. The van der Waals surface area contributed by atoms with Gasteiger partial charge in [-0.2, -0.15) is 4.39 Å². The van der Waals surface area contributed by atoms with Crippen molar-refractivity contribution in [1.82, 2.24) is 9.97 Å². The maximum Gasteiger partial charge on any atom is 0.217 e. The van der Waals surface area contributed by atoms with Crippen molar-refractivity contribution in [1.29, 1.82) is 0 Å². The third-order valence-electron chi connectivity index (χ3n) is 1.10. The predicted octanol–water partition coefficient (Wildman–Crippen LogP) is 1.78. The molecular weight excluding hydrogens is 181 g/mol. The molecule has 0 saturated heterocycles. The molecule has 1 heterocycles. The van der Waals surface area contributed by atoms with Gasteiger partial charge in [0.15, 0.2) is 0 Å². The highest BCUT2D eigenvalue weighted by Crippen LogP contribution is 2.04. The van der Waals surface area contributed by atoms with Crippen LogP contribution < -0.4 is 5.32 Å². The Morgan fingerprint density at radius 2 is 2.42 bits per heavy atom. The molecule has 64 valence electrons. The van der Waals surface area contributed by atoms with Crippen molar-refractivity contribution in [2.75, 3.05) is 11.9 Å². The van der Waals surface area contributed by atoms with E-state index in [-0.39, 0.29) is 0 Å². The summed E-state index contributed by atoms with van der Waals surface area (Å²) in [5.74, 6) is -0.183. The van der Waals surface area contributed by atoms with Gasteiger partial charge in [-0.25, -0.2) is 9.97 Å². The number of halogens is 2. The van der Waals surface area contributed by atoms with E-state index >= 15 is 0 Å². The number of rotatable bonds is 3. The molecule has 12 heavy (non-hydrogen) atoms. The summed E-state index contributed by atoms with van der Waals surface area (Å²) in [6.45, 7) is 3.82. The van der Waals surface area contributed by atoms with Crippen molar-refractivity contribution in [3.63, 3.8) is 0 Å². The fourth-order valence-electron chi connectivity index (χ4n) is 0.617. The minimum Gasteiger partial charge on any atom is -0.365 e. The monoisotopic (exact) mass is 187 g/mol. The van der Waals surface area contributed by atoms with Gasteiger partial charge in [-0.15, -0.1) is 0 Å². The Labute approximate surface area is 74.3 Å². The van der Waals surface area contributed by atoms with Crippen LogP contribution >= 0.6 is 11.6 Å². The van der Waals surface area contributed by atoms with Gasteiger partial charge in [0.1, 0.15) is 12.1 Å². The second-order valence-electron chi connectivity index (χ2n) is 2.10. The molecular formula is C7H7ClFN3. The molecule has 0 fully saturated rings. The van der Waals surface area contributed by atoms with Crippen LogP contribution in [0.15, 0.2) is 24.0 Å². The minimum absolute atomic E-state index is 0.359. The van der Waals surface area contributed by atoms with Gasteiger partial charge >= 0.3 is 0 Å². The zero-order chi connectivity index (χ0) is 8.97. The van der Waals surface area contributed by atoms with Crippen LogP contribution in [0.25, 0.3) is 0 Å². The second kappa shape index (κ2) is 4.01. The van der Waals surface area contributed by atoms with Crippen LogP contribution in [0.2, 0.25) is 0 Å². The normalized spacial score (nSPS) is 9.50. The van der Waals surface area contributed by atoms with Gasteiger partial charge in [0.25, 0.3) is 0 Å². The largest absolute Gasteiger partial charge is 0.365 e. The predicted molar refractivity (Wildman–Crippen MR) is 45.5 cm³/mol. The summed E-state index contributed by atoms with van der Waals surface area (Å²) in [4.78, 5) is 7.04. The Balaban J connectivity index is 2.57. The fraction of sp³-hybridized carbons (Fsp3) is 0.143. The maximum atomic E-state index is 12.4. The highest BCUT2D eigenvalue weighted by molar-refractivity contribution is 6.29. The lowest BCUT2D eigenvalue weighted by molar-refractivity contribution is 0.580. The average molecular weight is 188 g/mol. The highest BCUT2D eigenvalue weighted by Gasteiger charge is 1.96. The first-order chi connectivity index (χ1) is 5.68. The molecule has 0 saturated carbocycles. The molecule has 0 aliphatic carbocycles. The summed E-state index contributed by atoms with van der Waals surface area (Å²) in [6.07, 6.45) is 1.13. The number of nitrogens with one attached hydrogen (secondary N) is 1. The van der Waals surface area contributed by atoms with E-state index in [1.807, 2.05) is 0 Å². The van der Waals surface area contributed by atoms with Gasteiger partial charge in [0, 0.05) is 11.1 Å². The van der Waals surface area contributed by atoms with Crippen LogP contribution in [0.1, 0.15) is 0 Å². The quantitative estimate of drug-likeness (QED) is 0.733. The molecule has 0 amide bonds. The summed E-state index contributed by atoms with van der Waals surface area (Å²) >= 11 is 5.47. The van der Waals surface area contributed by atoms with Crippen LogP contribution in [-0.4, -0.2) is 16.5 Å². The third kappa shape index (κ3) is 2.84. The first-order valence-electron chi connectivity index (χ1n) is 3.23. The van der Waals surface area contributed by atoms with E-state index in [1.54, 1.807) is 0 Å². The van der Waals surface area contributed by atoms with Gasteiger partial charge in [-0.3, -0.25) is 0 Å². The Morgan fingerprint density at radius 1 is 1.67 bits per heavy atom. The minimum atomic E-state index is -0.576. The van der Waals surface area contributed by atoms with Gasteiger partial charge in [0.05, 0.1) is 6.54 Å². The molecule has 0 unspecified atom stereocenters. The Kier molecular flexibility index (Phi) is 2.99. The van der Waals surface area contributed by atoms with Gasteiger partial charge < -0.3 is 5.32 Å². The Hall–Kier alpha value is -1.16. The van der Waals surface area contributed by atoms with E-state index in [9.17, 15) is 4.39 Å². The molecule has 5 heteroatoms. The molecule has 0 aliphatic heterocycles. The first-order valence-corrected chi connectivity index (χ1v) is 3.61. The molecule has 0 aliphatic rings. The SMILES string of the molecule is C=C(Cl)CNc1cc(F)ncn1. The van der Waals surface area contributed by atoms with Gasteiger partial charge in [-0.05, 0) is 0 Å². The molecule has 3 nitrogen and oxygen atoms in total. The van der Waals surface area contributed by atoms with Crippen molar-refractivity contribution in [2.45, 2.75) is 0 Å². The molecule has 0 spiro atoms. The van der Waals surface area contributed by atoms with Crippen LogP contribution in [-0.2, 0) is 0 Å². The van der Waals surface area contributed by atoms with E-state index in [4.69, 9.17) is 11.6 Å². The number of aromatic nitrogens is 2. The van der Waals surface area contributed by atoms with Crippen molar-refractivity contribution in [3.05, 3.63) is 30.0 Å². The molecule has 0 radical (unpaired) electrons. The summed E-state index contributed by atoms with van der Waals surface area (Å²) < 4.78 is 12.4. The Bertz CT molecular complexity index is 290. The lowest BCUT2D eigenvalue weighted by Gasteiger charge is -2.01. The average Bonchev–Trinajstić information content (AvgIpc) is 2.01. The van der Waals surface area contributed by atoms with E-state index in [1.165, 1.54) is 6.07 Å². The molecule has 1 rings (SSSR count). The molecule has 0 bridgehead atoms. The molecule has 1 N–H and O–H groups in total. The van der Waals surface area contributed by atoms with E-state index in [2.05, 4.69) is 21.9 Å². The number of hydrogen-bond donors (Lipinski definition) is 1. The van der Waals surface area contributed by atoms with Crippen LogP contribution in [0.3, 0.4) is 0 Å². The van der Waals surface area contributed by atoms with E-state index in [0.29, 0.717) is 17.4 Å². The molecule has 0 atom stereocenters. The topological polar surface area (TPSA) is 37.8 Å². The van der Waals surface area contributed by atoms with E-state index < -0.39 is 5.95 Å². The molecule has 1 aromatic rings. The summed E-state index contributed by atoms with van der Waals surface area (Å²) in [6, 6.07) is 1.18. The molecule has 1 aromatic heterocycles. The Morgan fingerprint density at radius 3 is 3.00 bits per heavy atom. The van der Waals surface area contributed by atoms with Crippen molar-refractivity contribution >= 4 is 17.4 Å². The summed E-state index contributed by atoms with van der Waals surface area (Å²) in [5.41, 5.74) is 0. The highest BCUT2D eigenvalue weighted by atomic mass is 35.5. The number of anilines is 1. The zero-order valence-electron chi connectivity index (χ0n) is 6.22. The van der Waals surface area contributed by atoms with E-state index in [0.717, 1.165) is 6.33 Å². The molecule has 0 aromatic carbocycles. The first kappa shape index (κ1) is 8.93. The maximum absolute atomic E-state index is 12.4. The fourth-order valence-corrected chi connectivity index (χ4v) is 0.684. The van der Waals surface area contributed by atoms with Crippen LogP contribution in [0.4, 0.5) is 10.2 Å². The zero-order valence-corrected chi connectivity index (χ0v) is 6.98. The van der Waals surface area contributed by atoms with Gasteiger partial charge in [0.2, 0.25) is 5.95 Å².